The lowest BCUT2D eigenvalue weighted by Gasteiger charge is -2.42. The number of nitrogens with zero attached hydrogens (tertiary/aromatic N) is 2. The number of thioether (sulfide) groups is 1. The third-order valence-electron chi connectivity index (χ3n) is 7.48. The molecule has 0 saturated heterocycles. The summed E-state index contributed by atoms with van der Waals surface area (Å²) in [7, 11) is 0. The second-order valence-corrected chi connectivity index (χ2v) is 11.3. The molecule has 1 heterocycles. The van der Waals surface area contributed by atoms with Crippen LogP contribution in [-0.4, -0.2) is 15.3 Å². The minimum absolute atomic E-state index is 0.0857. The first-order valence-corrected chi connectivity index (χ1v) is 13.4. The van der Waals surface area contributed by atoms with Crippen molar-refractivity contribution in [1.29, 1.82) is 0 Å². The third-order valence-corrected chi connectivity index (χ3v) is 8.45. The molecule has 0 amide bonds. The first kappa shape index (κ1) is 22.5. The topological polar surface area (TPSA) is 34.9 Å². The van der Waals surface area contributed by atoms with Crippen LogP contribution in [-0.2, 0) is 11.8 Å². The Morgan fingerprint density at radius 1 is 1.03 bits per heavy atom. The lowest BCUT2D eigenvalue weighted by atomic mass is 9.62. The molecule has 172 valence electrons. The van der Waals surface area contributed by atoms with Crippen LogP contribution < -0.4 is 5.56 Å². The molecule has 0 aliphatic heterocycles. The summed E-state index contributed by atoms with van der Waals surface area (Å²) in [6.45, 7) is 6.59. The summed E-state index contributed by atoms with van der Waals surface area (Å²) in [6, 6.07) is 16.9. The van der Waals surface area contributed by atoms with Gasteiger partial charge in [0, 0.05) is 16.7 Å². The van der Waals surface area contributed by atoms with Gasteiger partial charge in [0.2, 0.25) is 0 Å². The molecule has 2 aliphatic rings. The minimum atomic E-state index is -0.0857. The molecular weight excluding hydrogens is 424 g/mol. The lowest BCUT2D eigenvalue weighted by Crippen LogP contribution is -2.43. The zero-order valence-electron chi connectivity index (χ0n) is 20.1. The second kappa shape index (κ2) is 9.13. The maximum absolute atomic E-state index is 14.5. The van der Waals surface area contributed by atoms with Gasteiger partial charge in [-0.1, -0.05) is 87.3 Å². The largest absolute Gasteiger partial charge is 0.268 e. The highest BCUT2D eigenvalue weighted by Gasteiger charge is 2.43. The number of hydrogen-bond donors (Lipinski definition) is 0. The van der Waals surface area contributed by atoms with Crippen LogP contribution in [0.25, 0.3) is 16.9 Å². The van der Waals surface area contributed by atoms with Crippen LogP contribution in [0.1, 0.15) is 69.1 Å². The average Bonchev–Trinajstić information content (AvgIpc) is 2.80. The number of rotatable bonds is 5. The molecule has 0 bridgehead atoms. The van der Waals surface area contributed by atoms with E-state index in [4.69, 9.17) is 4.98 Å². The normalized spacial score (nSPS) is 16.6. The van der Waals surface area contributed by atoms with Crippen molar-refractivity contribution >= 4 is 11.8 Å². The monoisotopic (exact) mass is 458 g/mol. The van der Waals surface area contributed by atoms with Crippen molar-refractivity contribution < 1.29 is 0 Å². The van der Waals surface area contributed by atoms with Gasteiger partial charge < -0.3 is 0 Å². The first-order chi connectivity index (χ1) is 16.0. The van der Waals surface area contributed by atoms with Gasteiger partial charge in [0.15, 0.2) is 5.16 Å². The molecule has 1 saturated carbocycles. The Labute approximate surface area is 201 Å². The fourth-order valence-corrected chi connectivity index (χ4v) is 6.94. The number of hydrogen-bond acceptors (Lipinski definition) is 3. The molecule has 0 N–H and O–H groups in total. The zero-order chi connectivity index (χ0) is 23.0. The summed E-state index contributed by atoms with van der Waals surface area (Å²) < 4.78 is 1.93. The van der Waals surface area contributed by atoms with E-state index in [1.807, 2.05) is 16.7 Å². The van der Waals surface area contributed by atoms with E-state index in [9.17, 15) is 4.79 Å². The molecule has 1 spiro atoms. The van der Waals surface area contributed by atoms with Gasteiger partial charge in [-0.3, -0.25) is 9.36 Å². The molecule has 4 heteroatoms. The van der Waals surface area contributed by atoms with Gasteiger partial charge in [-0.05, 0) is 55.7 Å². The van der Waals surface area contributed by atoms with Crippen molar-refractivity contribution in [2.45, 2.75) is 76.3 Å². The Kier molecular flexibility index (Phi) is 6.22. The number of para-hydroxylation sites is 1. The molecule has 5 rings (SSSR count). The second-order valence-electron chi connectivity index (χ2n) is 10.3. The Morgan fingerprint density at radius 2 is 1.76 bits per heavy atom. The molecule has 1 fully saturated rings. The van der Waals surface area contributed by atoms with Crippen LogP contribution >= 0.6 is 11.8 Å². The van der Waals surface area contributed by atoms with Crippen molar-refractivity contribution in [1.82, 2.24) is 9.55 Å². The molecule has 0 unspecified atom stereocenters. The van der Waals surface area contributed by atoms with E-state index in [1.165, 1.54) is 24.8 Å². The van der Waals surface area contributed by atoms with Crippen LogP contribution in [0.4, 0.5) is 0 Å². The van der Waals surface area contributed by atoms with Crippen LogP contribution in [0.3, 0.4) is 0 Å². The highest BCUT2D eigenvalue weighted by molar-refractivity contribution is 7.99. The summed E-state index contributed by atoms with van der Waals surface area (Å²) in [4.78, 5) is 19.8. The molecule has 1 aromatic heterocycles. The Bertz CT molecular complexity index is 1220. The van der Waals surface area contributed by atoms with E-state index in [0.717, 1.165) is 64.7 Å². The van der Waals surface area contributed by atoms with Crippen LogP contribution in [0, 0.1) is 12.8 Å². The number of fused-ring (bicyclic) bond motifs is 4. The van der Waals surface area contributed by atoms with Gasteiger partial charge in [-0.15, -0.1) is 0 Å². The van der Waals surface area contributed by atoms with Crippen molar-refractivity contribution in [2.24, 2.45) is 5.92 Å². The predicted octanol–water partition coefficient (Wildman–Crippen LogP) is 7.10. The quantitative estimate of drug-likeness (QED) is 0.302. The molecule has 3 aromatic rings. The van der Waals surface area contributed by atoms with Crippen molar-refractivity contribution in [3.05, 3.63) is 75.6 Å². The van der Waals surface area contributed by atoms with E-state index in [-0.39, 0.29) is 11.0 Å². The third kappa shape index (κ3) is 4.07. The zero-order valence-corrected chi connectivity index (χ0v) is 20.9. The Balaban J connectivity index is 1.78. The first-order valence-electron chi connectivity index (χ1n) is 12.4. The summed E-state index contributed by atoms with van der Waals surface area (Å²) in [5, 5.41) is 0.830. The van der Waals surface area contributed by atoms with E-state index < -0.39 is 0 Å². The molecule has 0 radical (unpaired) electrons. The predicted molar refractivity (Wildman–Crippen MR) is 139 cm³/mol. The molecule has 2 aliphatic carbocycles. The summed E-state index contributed by atoms with van der Waals surface area (Å²) in [5.74, 6) is 1.58. The van der Waals surface area contributed by atoms with Gasteiger partial charge in [0.25, 0.3) is 5.56 Å². The molecule has 0 atom stereocenters. The molecule has 33 heavy (non-hydrogen) atoms. The summed E-state index contributed by atoms with van der Waals surface area (Å²) in [5.41, 5.74) is 6.57. The number of benzene rings is 2. The van der Waals surface area contributed by atoms with Crippen molar-refractivity contribution in [2.75, 3.05) is 5.75 Å². The minimum Gasteiger partial charge on any atom is -0.268 e. The van der Waals surface area contributed by atoms with E-state index >= 15 is 0 Å². The Morgan fingerprint density at radius 3 is 2.52 bits per heavy atom. The number of aromatic nitrogens is 2. The van der Waals surface area contributed by atoms with Crippen molar-refractivity contribution in [3.8, 4) is 16.9 Å². The fourth-order valence-electron chi connectivity index (χ4n) is 5.70. The smallest absolute Gasteiger partial charge is 0.263 e. The standard InChI is InChI=1S/C29H34N2OS/c1-20(2)15-18-33-28-30-26-23-13-7-6-12-22(23)19-29(16-9-4-10-17-29)25(26)27(32)31(28)24-14-8-5-11-21(24)3/h5-8,11-14,20H,4,9-10,15-19H2,1-3H3. The van der Waals surface area contributed by atoms with Gasteiger partial charge in [-0.25, -0.2) is 4.98 Å². The molecule has 3 nitrogen and oxygen atoms in total. The number of aryl methyl sites for hydroxylation is 1. The van der Waals surface area contributed by atoms with Crippen LogP contribution in [0.5, 0.6) is 0 Å². The van der Waals surface area contributed by atoms with E-state index in [0.29, 0.717) is 5.92 Å². The van der Waals surface area contributed by atoms with Gasteiger partial charge in [0.1, 0.15) is 0 Å². The maximum Gasteiger partial charge on any atom is 0.263 e. The molecule has 2 aromatic carbocycles. The highest BCUT2D eigenvalue weighted by atomic mass is 32.2. The molecular formula is C29H34N2OS. The maximum atomic E-state index is 14.5. The van der Waals surface area contributed by atoms with Gasteiger partial charge in [-0.2, -0.15) is 0 Å². The fraction of sp³-hybridized carbons (Fsp3) is 0.448. The van der Waals surface area contributed by atoms with E-state index in [2.05, 4.69) is 57.2 Å². The summed E-state index contributed by atoms with van der Waals surface area (Å²) >= 11 is 1.73. The highest BCUT2D eigenvalue weighted by Crippen LogP contribution is 2.49. The van der Waals surface area contributed by atoms with Crippen molar-refractivity contribution in [3.63, 3.8) is 0 Å². The van der Waals surface area contributed by atoms with Crippen LogP contribution in [0.15, 0.2) is 58.5 Å². The lowest BCUT2D eigenvalue weighted by molar-refractivity contribution is 0.283. The van der Waals surface area contributed by atoms with Gasteiger partial charge >= 0.3 is 0 Å². The Hall–Kier alpha value is -2.33. The van der Waals surface area contributed by atoms with E-state index in [1.54, 1.807) is 11.8 Å². The average molecular weight is 459 g/mol. The SMILES string of the molecule is Cc1ccccc1-n1c(SCCC(C)C)nc2c(c1=O)C1(CCCCC1)Cc1ccccc1-2. The van der Waals surface area contributed by atoms with Crippen LogP contribution in [0.2, 0.25) is 0 Å². The van der Waals surface area contributed by atoms with Gasteiger partial charge in [0.05, 0.1) is 16.9 Å². The summed E-state index contributed by atoms with van der Waals surface area (Å²) in [6.07, 6.45) is 7.87.